The molecule has 2 atom stereocenters. The number of amides is 1. The molecule has 0 radical (unpaired) electrons. The lowest BCUT2D eigenvalue weighted by Gasteiger charge is -2.32. The van der Waals surface area contributed by atoms with Crippen LogP contribution in [0.2, 0.25) is 0 Å². The first-order chi connectivity index (χ1) is 12.1. The molecule has 1 fully saturated rings. The number of aromatic nitrogens is 1. The summed E-state index contributed by atoms with van der Waals surface area (Å²) in [6, 6.07) is 9.20. The lowest BCUT2D eigenvalue weighted by Crippen LogP contribution is -2.50. The molecule has 2 heterocycles. The summed E-state index contributed by atoms with van der Waals surface area (Å²) in [5.41, 5.74) is 2.72. The maximum absolute atomic E-state index is 12.6. The van der Waals surface area contributed by atoms with Gasteiger partial charge in [-0.25, -0.2) is 0 Å². The quantitative estimate of drug-likeness (QED) is 0.850. The Kier molecular flexibility index (Phi) is 5.79. The summed E-state index contributed by atoms with van der Waals surface area (Å²) in [6.45, 7) is 5.78. The summed E-state index contributed by atoms with van der Waals surface area (Å²) in [5, 5.41) is 4.01. The van der Waals surface area contributed by atoms with E-state index in [-0.39, 0.29) is 18.1 Å². The van der Waals surface area contributed by atoms with Crippen molar-refractivity contribution in [3.05, 3.63) is 53.7 Å². The Balaban J connectivity index is 1.67. The first kappa shape index (κ1) is 17.6. The van der Waals surface area contributed by atoms with Gasteiger partial charge in [-0.1, -0.05) is 17.7 Å². The normalized spacial score (nSPS) is 20.2. The van der Waals surface area contributed by atoms with Gasteiger partial charge in [0.05, 0.1) is 30.9 Å². The number of benzene rings is 1. The second-order valence-electron chi connectivity index (χ2n) is 6.51. The number of carbonyl (C=O) groups is 1. The zero-order chi connectivity index (χ0) is 17.6. The largest absolute Gasteiger partial charge is 0.379 e. The fourth-order valence-electron chi connectivity index (χ4n) is 2.86. The molecular weight excluding hydrogens is 316 g/mol. The number of hydrogen-bond donors (Lipinski definition) is 1. The minimum Gasteiger partial charge on any atom is -0.379 e. The molecule has 25 heavy (non-hydrogen) atoms. The van der Waals surface area contributed by atoms with E-state index in [9.17, 15) is 4.79 Å². The molecule has 1 aliphatic heterocycles. The van der Waals surface area contributed by atoms with Crippen LogP contribution in [0.3, 0.4) is 0 Å². The van der Waals surface area contributed by atoms with Gasteiger partial charge in [0.25, 0.3) is 5.91 Å². The number of allylic oxidation sites excluding steroid dienone is 1. The average Bonchev–Trinajstić information content (AvgIpc) is 2.62. The van der Waals surface area contributed by atoms with Gasteiger partial charge in [0, 0.05) is 23.8 Å². The molecule has 0 spiro atoms. The molecule has 1 saturated heterocycles. The minimum atomic E-state index is -0.142. The molecule has 3 rings (SSSR count). The van der Waals surface area contributed by atoms with Crippen molar-refractivity contribution < 1.29 is 14.3 Å². The highest BCUT2D eigenvalue weighted by atomic mass is 16.5. The maximum atomic E-state index is 12.6. The van der Waals surface area contributed by atoms with Gasteiger partial charge in [0.2, 0.25) is 0 Å². The van der Waals surface area contributed by atoms with Crippen LogP contribution in [-0.4, -0.2) is 42.9 Å². The van der Waals surface area contributed by atoms with Crippen molar-refractivity contribution in [2.24, 2.45) is 0 Å². The van der Waals surface area contributed by atoms with E-state index in [0.29, 0.717) is 25.4 Å². The predicted octanol–water partition coefficient (Wildman–Crippen LogP) is 3.10. The number of nitrogens with one attached hydrogen (secondary N) is 1. The Morgan fingerprint density at radius 1 is 1.40 bits per heavy atom. The third-order valence-electron chi connectivity index (χ3n) is 4.28. The molecule has 5 heteroatoms. The van der Waals surface area contributed by atoms with Crippen molar-refractivity contribution in [2.75, 3.05) is 19.8 Å². The van der Waals surface area contributed by atoms with Crippen molar-refractivity contribution in [3.8, 4) is 0 Å². The summed E-state index contributed by atoms with van der Waals surface area (Å²) >= 11 is 0. The Bertz CT molecular complexity index is 768. The monoisotopic (exact) mass is 340 g/mol. The van der Waals surface area contributed by atoms with Crippen molar-refractivity contribution in [3.63, 3.8) is 0 Å². The Morgan fingerprint density at radius 2 is 2.28 bits per heavy atom. The molecular formula is C20H24N2O3. The van der Waals surface area contributed by atoms with E-state index in [2.05, 4.69) is 10.3 Å². The first-order valence-corrected chi connectivity index (χ1v) is 8.62. The second-order valence-corrected chi connectivity index (χ2v) is 6.51. The minimum absolute atomic E-state index is 0.0320. The van der Waals surface area contributed by atoms with Crippen LogP contribution in [0.1, 0.15) is 30.6 Å². The highest BCUT2D eigenvalue weighted by molar-refractivity contribution is 5.98. The van der Waals surface area contributed by atoms with Crippen LogP contribution in [0.5, 0.6) is 0 Å². The van der Waals surface area contributed by atoms with Gasteiger partial charge in [0.1, 0.15) is 0 Å². The van der Waals surface area contributed by atoms with Crippen LogP contribution >= 0.6 is 0 Å². The van der Waals surface area contributed by atoms with Gasteiger partial charge in [-0.2, -0.15) is 0 Å². The van der Waals surface area contributed by atoms with Crippen LogP contribution in [0.15, 0.2) is 48.2 Å². The molecule has 1 amide bonds. The molecule has 5 nitrogen and oxygen atoms in total. The molecule has 1 aromatic heterocycles. The van der Waals surface area contributed by atoms with Gasteiger partial charge >= 0.3 is 0 Å². The topological polar surface area (TPSA) is 60.5 Å². The number of pyridine rings is 1. The third kappa shape index (κ3) is 4.65. The van der Waals surface area contributed by atoms with E-state index in [1.807, 2.05) is 44.2 Å². The smallest absolute Gasteiger partial charge is 0.251 e. The van der Waals surface area contributed by atoms with Crippen LogP contribution in [0.25, 0.3) is 10.9 Å². The molecule has 1 aliphatic rings. The number of hydrogen-bond acceptors (Lipinski definition) is 4. The maximum Gasteiger partial charge on any atom is 0.251 e. The average molecular weight is 340 g/mol. The highest BCUT2D eigenvalue weighted by Gasteiger charge is 2.28. The molecule has 1 N–H and O–H groups in total. The second kappa shape index (κ2) is 8.23. The summed E-state index contributed by atoms with van der Waals surface area (Å²) in [6.07, 6.45) is 4.54. The lowest BCUT2D eigenvalue weighted by atomic mass is 10.0. The van der Waals surface area contributed by atoms with Gasteiger partial charge in [-0.15, -0.1) is 0 Å². The number of nitrogens with zero attached hydrogens (tertiary/aromatic N) is 1. The van der Waals surface area contributed by atoms with E-state index < -0.39 is 0 Å². The molecule has 2 aromatic rings. The van der Waals surface area contributed by atoms with Crippen LogP contribution in [-0.2, 0) is 9.47 Å². The number of carbonyl (C=O) groups excluding carboxylic acids is 1. The summed E-state index contributed by atoms with van der Waals surface area (Å²) in [4.78, 5) is 16.9. The van der Waals surface area contributed by atoms with E-state index >= 15 is 0 Å². The van der Waals surface area contributed by atoms with Gasteiger partial charge in [-0.3, -0.25) is 9.78 Å². The van der Waals surface area contributed by atoms with Crippen LogP contribution < -0.4 is 5.32 Å². The highest BCUT2D eigenvalue weighted by Crippen LogP contribution is 2.16. The van der Waals surface area contributed by atoms with E-state index in [1.165, 1.54) is 5.57 Å². The SMILES string of the molecule is CC(C)=CCO[C@H]1CCOC[C@H]1NC(=O)c1ccc2ncccc2c1. The van der Waals surface area contributed by atoms with Crippen LogP contribution in [0.4, 0.5) is 0 Å². The first-order valence-electron chi connectivity index (χ1n) is 8.62. The fourth-order valence-corrected chi connectivity index (χ4v) is 2.86. The van der Waals surface area contributed by atoms with Crippen LogP contribution in [0, 0.1) is 0 Å². The van der Waals surface area contributed by atoms with Gasteiger partial charge in [0.15, 0.2) is 0 Å². The Morgan fingerprint density at radius 3 is 3.12 bits per heavy atom. The molecule has 0 bridgehead atoms. The standard InChI is InChI=1S/C20H24N2O3/c1-14(2)7-11-25-19-8-10-24-13-18(19)22-20(23)16-5-6-17-15(12-16)4-3-9-21-17/h3-7,9,12,18-19H,8,10-11,13H2,1-2H3,(H,22,23)/t18-,19+/m1/s1. The zero-order valence-electron chi connectivity index (χ0n) is 14.7. The van der Waals surface area contributed by atoms with Gasteiger partial charge in [-0.05, 0) is 44.5 Å². The van der Waals surface area contributed by atoms with E-state index in [0.717, 1.165) is 17.3 Å². The molecule has 0 unspecified atom stereocenters. The lowest BCUT2D eigenvalue weighted by molar-refractivity contribution is -0.0457. The summed E-state index contributed by atoms with van der Waals surface area (Å²) < 4.78 is 11.5. The number of ether oxygens (including phenoxy) is 2. The van der Waals surface area contributed by atoms with Crippen molar-refractivity contribution >= 4 is 16.8 Å². The molecule has 0 aliphatic carbocycles. The third-order valence-corrected chi connectivity index (χ3v) is 4.28. The number of fused-ring (bicyclic) bond motifs is 1. The Labute approximate surface area is 148 Å². The van der Waals surface area contributed by atoms with E-state index in [4.69, 9.17) is 9.47 Å². The van der Waals surface area contributed by atoms with Crippen molar-refractivity contribution in [1.82, 2.24) is 10.3 Å². The van der Waals surface area contributed by atoms with Crippen molar-refractivity contribution in [2.45, 2.75) is 32.4 Å². The summed E-state index contributed by atoms with van der Waals surface area (Å²) in [7, 11) is 0. The predicted molar refractivity (Wildman–Crippen MR) is 97.6 cm³/mol. The molecule has 1 aromatic carbocycles. The van der Waals surface area contributed by atoms with E-state index in [1.54, 1.807) is 12.3 Å². The zero-order valence-corrected chi connectivity index (χ0v) is 14.7. The van der Waals surface area contributed by atoms with Gasteiger partial charge < -0.3 is 14.8 Å². The molecule has 132 valence electrons. The summed E-state index contributed by atoms with van der Waals surface area (Å²) in [5.74, 6) is -0.114. The fraction of sp³-hybridized carbons (Fsp3) is 0.400. The Hall–Kier alpha value is -2.24. The number of rotatable bonds is 5. The molecule has 0 saturated carbocycles. The van der Waals surface area contributed by atoms with Crippen molar-refractivity contribution in [1.29, 1.82) is 0 Å².